The molecule has 1 unspecified atom stereocenters. The number of anilines is 2. The van der Waals surface area contributed by atoms with Crippen LogP contribution in [0.25, 0.3) is 17.8 Å². The van der Waals surface area contributed by atoms with Gasteiger partial charge in [0.15, 0.2) is 5.76 Å². The van der Waals surface area contributed by atoms with Crippen molar-refractivity contribution in [1.29, 1.82) is 0 Å². The van der Waals surface area contributed by atoms with Crippen LogP contribution in [0, 0.1) is 6.92 Å². The monoisotopic (exact) mass is 543 g/mol. The molecule has 2 aliphatic heterocycles. The van der Waals surface area contributed by atoms with E-state index in [0.717, 1.165) is 45.2 Å². The fourth-order valence-electron chi connectivity index (χ4n) is 5.61. The minimum atomic E-state index is -0.821. The summed E-state index contributed by atoms with van der Waals surface area (Å²) in [7, 11) is 0. The molecule has 3 heterocycles. The fourth-order valence-corrected chi connectivity index (χ4v) is 5.81. The Bertz CT molecular complexity index is 1750. The first-order valence-electron chi connectivity index (χ1n) is 13.2. The van der Waals surface area contributed by atoms with Crippen LogP contribution >= 0.6 is 11.6 Å². The summed E-state index contributed by atoms with van der Waals surface area (Å²) >= 11 is 6.42. The quantitative estimate of drug-likeness (QED) is 0.223. The van der Waals surface area contributed by atoms with Crippen LogP contribution in [0.2, 0.25) is 5.02 Å². The van der Waals surface area contributed by atoms with Gasteiger partial charge in [0.25, 0.3) is 0 Å². The van der Waals surface area contributed by atoms with Gasteiger partial charge >= 0.3 is 0 Å². The zero-order chi connectivity index (χ0) is 27.1. The number of hydrogen-bond acceptors (Lipinski definition) is 5. The maximum absolute atomic E-state index is 6.95. The van der Waals surface area contributed by atoms with E-state index in [9.17, 15) is 0 Å². The van der Waals surface area contributed by atoms with E-state index in [1.54, 1.807) is 0 Å². The lowest BCUT2D eigenvalue weighted by atomic mass is 9.95. The molecule has 7 rings (SSSR count). The second kappa shape index (κ2) is 9.78. The number of ether oxygens (including phenoxy) is 1. The normalized spacial score (nSPS) is 17.9. The Morgan fingerprint density at radius 1 is 0.825 bits per heavy atom. The van der Waals surface area contributed by atoms with Gasteiger partial charge in [-0.2, -0.15) is 0 Å². The number of benzene rings is 4. The Balaban J connectivity index is 1.42. The number of aromatic nitrogens is 1. The van der Waals surface area contributed by atoms with E-state index in [1.807, 2.05) is 67.6 Å². The zero-order valence-electron chi connectivity index (χ0n) is 21.9. The maximum Gasteiger partial charge on any atom is 0.231 e. The number of fused-ring (bicyclic) bond motifs is 3. The van der Waals surface area contributed by atoms with Crippen molar-refractivity contribution < 1.29 is 9.26 Å². The maximum atomic E-state index is 6.95. The molecule has 40 heavy (non-hydrogen) atoms. The van der Waals surface area contributed by atoms with Gasteiger partial charge in [-0.3, -0.25) is 4.90 Å². The van der Waals surface area contributed by atoms with Crippen molar-refractivity contribution in [3.8, 4) is 5.75 Å². The van der Waals surface area contributed by atoms with Gasteiger partial charge in [-0.15, -0.1) is 0 Å². The molecule has 0 fully saturated rings. The predicted octanol–water partition coefficient (Wildman–Crippen LogP) is 8.38. The fraction of sp³-hybridized carbons (Fsp3) is 0.0882. The van der Waals surface area contributed by atoms with Crippen molar-refractivity contribution in [3.05, 3.63) is 149 Å². The van der Waals surface area contributed by atoms with Crippen molar-refractivity contribution in [2.45, 2.75) is 12.6 Å². The van der Waals surface area contributed by atoms with Crippen LogP contribution in [0.4, 0.5) is 11.4 Å². The molecule has 0 aliphatic carbocycles. The van der Waals surface area contributed by atoms with Gasteiger partial charge < -0.3 is 14.2 Å². The molecule has 196 valence electrons. The van der Waals surface area contributed by atoms with E-state index >= 15 is 0 Å². The summed E-state index contributed by atoms with van der Waals surface area (Å²) in [5.41, 5.74) is 5.93. The molecule has 1 atom stereocenters. The van der Waals surface area contributed by atoms with Crippen molar-refractivity contribution in [1.82, 2.24) is 5.16 Å². The zero-order valence-corrected chi connectivity index (χ0v) is 22.6. The van der Waals surface area contributed by atoms with Gasteiger partial charge in [0.1, 0.15) is 17.1 Å². The highest BCUT2D eigenvalue weighted by atomic mass is 35.5. The third-order valence-electron chi connectivity index (χ3n) is 7.41. The molecule has 0 bridgehead atoms. The van der Waals surface area contributed by atoms with Gasteiger partial charge in [-0.1, -0.05) is 108 Å². The third-order valence-corrected chi connectivity index (χ3v) is 7.75. The van der Waals surface area contributed by atoms with Gasteiger partial charge in [0.05, 0.1) is 17.9 Å². The number of para-hydroxylation sites is 2. The highest BCUT2D eigenvalue weighted by Crippen LogP contribution is 2.54. The SMILES string of the molecule is Cc1noc(/C=C/c2ccccc2Cl)c1N1C=C(c2ccccc2)N2c3ccccc3OC2(c2ccccc2)C1. The van der Waals surface area contributed by atoms with Crippen molar-refractivity contribution in [2.24, 2.45) is 0 Å². The molecule has 0 radical (unpaired) electrons. The van der Waals surface area contributed by atoms with Crippen LogP contribution < -0.4 is 14.5 Å². The van der Waals surface area contributed by atoms with E-state index < -0.39 is 5.72 Å². The van der Waals surface area contributed by atoms with E-state index in [2.05, 4.69) is 81.8 Å². The van der Waals surface area contributed by atoms with E-state index in [0.29, 0.717) is 17.3 Å². The standard InChI is InChI=1S/C34H26ClN3O2/c1-24-33(32(40-36-24)21-20-25-12-8-9-17-28(25)35)37-22-30(26-13-4-2-5-14-26)38-29-18-10-11-19-31(29)39-34(38,23-37)27-15-6-3-7-16-27/h2-22H,23H2,1H3/b21-20+. The largest absolute Gasteiger partial charge is 0.459 e. The number of aryl methyl sites for hydroxylation is 1. The smallest absolute Gasteiger partial charge is 0.231 e. The first kappa shape index (κ1) is 24.3. The van der Waals surface area contributed by atoms with Crippen molar-refractivity contribution in [3.63, 3.8) is 0 Å². The first-order chi connectivity index (χ1) is 19.6. The lowest BCUT2D eigenvalue weighted by molar-refractivity contribution is 0.103. The van der Waals surface area contributed by atoms with Gasteiger partial charge in [-0.05, 0) is 48.4 Å². The van der Waals surface area contributed by atoms with Crippen LogP contribution in [0.3, 0.4) is 0 Å². The molecule has 6 heteroatoms. The molecule has 5 nitrogen and oxygen atoms in total. The van der Waals surface area contributed by atoms with Crippen LogP contribution in [-0.2, 0) is 5.72 Å². The summed E-state index contributed by atoms with van der Waals surface area (Å²) < 4.78 is 12.8. The number of halogens is 1. The molecule has 2 aliphatic rings. The van der Waals surface area contributed by atoms with Crippen LogP contribution in [0.1, 0.15) is 28.1 Å². The summed E-state index contributed by atoms with van der Waals surface area (Å²) in [5, 5.41) is 5.04. The summed E-state index contributed by atoms with van der Waals surface area (Å²) in [6.45, 7) is 2.48. The minimum absolute atomic E-state index is 0.511. The molecular formula is C34H26ClN3O2. The molecular weight excluding hydrogens is 518 g/mol. The average molecular weight is 544 g/mol. The summed E-state index contributed by atoms with van der Waals surface area (Å²) in [6, 6.07) is 36.8. The number of nitrogens with zero attached hydrogens (tertiary/aromatic N) is 3. The van der Waals surface area contributed by atoms with Gasteiger partial charge in [0.2, 0.25) is 5.72 Å². The molecule has 0 amide bonds. The number of hydrogen-bond donors (Lipinski definition) is 0. The van der Waals surface area contributed by atoms with E-state index in [-0.39, 0.29) is 0 Å². The third kappa shape index (κ3) is 3.98. The Kier molecular flexibility index (Phi) is 5.94. The molecule has 0 saturated carbocycles. The Morgan fingerprint density at radius 2 is 1.52 bits per heavy atom. The number of rotatable bonds is 5. The lowest BCUT2D eigenvalue weighted by Crippen LogP contribution is -2.56. The van der Waals surface area contributed by atoms with E-state index in [1.165, 1.54) is 0 Å². The second-order valence-corrected chi connectivity index (χ2v) is 10.3. The topological polar surface area (TPSA) is 41.7 Å². The molecule has 5 aromatic rings. The van der Waals surface area contributed by atoms with Crippen LogP contribution in [0.5, 0.6) is 5.75 Å². The summed E-state index contributed by atoms with van der Waals surface area (Å²) in [5.74, 6) is 1.49. The molecule has 0 N–H and O–H groups in total. The summed E-state index contributed by atoms with van der Waals surface area (Å²) in [4.78, 5) is 4.53. The highest BCUT2D eigenvalue weighted by molar-refractivity contribution is 6.32. The Morgan fingerprint density at radius 3 is 2.33 bits per heavy atom. The molecule has 4 aromatic carbocycles. The average Bonchev–Trinajstić information content (AvgIpc) is 3.55. The van der Waals surface area contributed by atoms with Crippen molar-refractivity contribution in [2.75, 3.05) is 16.3 Å². The molecule has 0 spiro atoms. The van der Waals surface area contributed by atoms with Gasteiger partial charge in [-0.25, -0.2) is 0 Å². The molecule has 1 aromatic heterocycles. The van der Waals surface area contributed by atoms with Crippen molar-refractivity contribution >= 4 is 40.8 Å². The Labute approximate surface area is 238 Å². The Hall–Kier alpha value is -4.74. The highest BCUT2D eigenvalue weighted by Gasteiger charge is 2.53. The first-order valence-corrected chi connectivity index (χ1v) is 13.6. The lowest BCUT2D eigenvalue weighted by Gasteiger charge is -2.46. The predicted molar refractivity (Wildman–Crippen MR) is 161 cm³/mol. The summed E-state index contributed by atoms with van der Waals surface area (Å²) in [6.07, 6.45) is 6.06. The molecule has 0 saturated heterocycles. The van der Waals surface area contributed by atoms with E-state index in [4.69, 9.17) is 20.9 Å². The van der Waals surface area contributed by atoms with Gasteiger partial charge in [0, 0.05) is 16.8 Å². The second-order valence-electron chi connectivity index (χ2n) is 9.90. The minimum Gasteiger partial charge on any atom is -0.459 e. The van der Waals surface area contributed by atoms with Crippen LogP contribution in [0.15, 0.2) is 120 Å². The van der Waals surface area contributed by atoms with Crippen LogP contribution in [-0.4, -0.2) is 11.7 Å².